The van der Waals surface area contributed by atoms with Crippen molar-refractivity contribution in [2.24, 2.45) is 0 Å². The molecule has 0 spiro atoms. The van der Waals surface area contributed by atoms with Crippen molar-refractivity contribution in [2.75, 3.05) is 5.75 Å². The fourth-order valence-electron chi connectivity index (χ4n) is 2.96. The van der Waals surface area contributed by atoms with E-state index in [-0.39, 0.29) is 18.5 Å². The van der Waals surface area contributed by atoms with Gasteiger partial charge < -0.3 is 5.32 Å². The molecule has 4 rings (SSSR count). The van der Waals surface area contributed by atoms with Crippen molar-refractivity contribution in [3.05, 3.63) is 51.1 Å². The molecular weight excluding hydrogens is 408 g/mol. The van der Waals surface area contributed by atoms with E-state index >= 15 is 0 Å². The number of rotatable bonds is 4. The van der Waals surface area contributed by atoms with Gasteiger partial charge >= 0.3 is 0 Å². The van der Waals surface area contributed by atoms with E-state index in [0.717, 1.165) is 22.6 Å². The molecule has 1 aromatic carbocycles. The predicted molar refractivity (Wildman–Crippen MR) is 108 cm³/mol. The molecule has 5 nitrogen and oxygen atoms in total. The molecule has 0 radical (unpaired) electrons. The van der Waals surface area contributed by atoms with Crippen LogP contribution in [0.25, 0.3) is 10.7 Å². The number of thiophene rings is 1. The van der Waals surface area contributed by atoms with Gasteiger partial charge in [0.1, 0.15) is 6.54 Å². The van der Waals surface area contributed by atoms with E-state index < -0.39 is 0 Å². The summed E-state index contributed by atoms with van der Waals surface area (Å²) in [6.45, 7) is 0.127. The molecule has 1 atom stereocenters. The molecule has 0 saturated heterocycles. The van der Waals surface area contributed by atoms with Crippen LogP contribution in [0.3, 0.4) is 0 Å². The van der Waals surface area contributed by atoms with Gasteiger partial charge in [0, 0.05) is 15.7 Å². The van der Waals surface area contributed by atoms with Crippen LogP contribution in [0, 0.1) is 4.77 Å². The number of carbonyl (C=O) groups is 1. The lowest BCUT2D eigenvalue weighted by atomic mass is 10.0. The molecule has 3 heterocycles. The van der Waals surface area contributed by atoms with Crippen molar-refractivity contribution in [3.8, 4) is 10.7 Å². The monoisotopic (exact) mass is 422 g/mol. The first kappa shape index (κ1) is 17.8. The smallest absolute Gasteiger partial charge is 0.240 e. The number of hydrogen-bond acceptors (Lipinski definition) is 5. The standard InChI is InChI=1S/C17H15ClN4OS3/c18-10-3-4-13-11(8-10)12(5-7-26-13)19-15(23)9-22-16(20-21-17(22)24)14-2-1-6-25-14/h1-4,6,8,12H,5,7,9H2,(H,19,23)(H,21,24)/t12-/m0/s1. The fourth-order valence-corrected chi connectivity index (χ4v) is 5.16. The number of amides is 1. The topological polar surface area (TPSA) is 62.7 Å². The Kier molecular flexibility index (Phi) is 5.17. The van der Waals surface area contributed by atoms with E-state index in [0.29, 0.717) is 15.6 Å². The Balaban J connectivity index is 1.54. The van der Waals surface area contributed by atoms with Crippen LogP contribution >= 0.6 is 46.9 Å². The third kappa shape index (κ3) is 3.59. The zero-order chi connectivity index (χ0) is 18.1. The van der Waals surface area contributed by atoms with E-state index in [9.17, 15) is 4.79 Å². The second-order valence-electron chi connectivity index (χ2n) is 5.86. The Morgan fingerprint density at radius 3 is 3.15 bits per heavy atom. The molecule has 134 valence electrons. The molecule has 26 heavy (non-hydrogen) atoms. The largest absolute Gasteiger partial charge is 0.348 e. The minimum absolute atomic E-state index is 0.0382. The van der Waals surface area contributed by atoms with Gasteiger partial charge in [0.2, 0.25) is 5.91 Å². The van der Waals surface area contributed by atoms with Crippen molar-refractivity contribution < 1.29 is 4.79 Å². The Morgan fingerprint density at radius 1 is 1.46 bits per heavy atom. The quantitative estimate of drug-likeness (QED) is 0.599. The van der Waals surface area contributed by atoms with Crippen molar-refractivity contribution in [1.82, 2.24) is 20.1 Å². The number of nitrogens with zero attached hydrogens (tertiary/aromatic N) is 2. The van der Waals surface area contributed by atoms with Crippen molar-refractivity contribution in [1.29, 1.82) is 0 Å². The molecular formula is C17H15ClN4OS3. The highest BCUT2D eigenvalue weighted by atomic mass is 35.5. The SMILES string of the molecule is O=C(Cn1c(-c2cccs2)n[nH]c1=S)N[C@H]1CCSc2ccc(Cl)cc21. The number of aromatic amines is 1. The van der Waals surface area contributed by atoms with E-state index in [2.05, 4.69) is 15.5 Å². The lowest BCUT2D eigenvalue weighted by Gasteiger charge is -2.26. The van der Waals surface area contributed by atoms with Crippen LogP contribution in [0.15, 0.2) is 40.6 Å². The molecule has 0 fully saturated rings. The summed E-state index contributed by atoms with van der Waals surface area (Å²) in [6.07, 6.45) is 0.873. The first-order chi connectivity index (χ1) is 12.6. The Bertz CT molecular complexity index is 996. The van der Waals surface area contributed by atoms with Crippen molar-refractivity contribution in [3.63, 3.8) is 0 Å². The summed E-state index contributed by atoms with van der Waals surface area (Å²) >= 11 is 14.8. The average Bonchev–Trinajstić information content (AvgIpc) is 3.26. The molecule has 9 heteroatoms. The summed E-state index contributed by atoms with van der Waals surface area (Å²) in [6, 6.07) is 9.71. The molecule has 2 N–H and O–H groups in total. The summed E-state index contributed by atoms with van der Waals surface area (Å²) < 4.78 is 2.17. The third-order valence-electron chi connectivity index (χ3n) is 4.15. The second kappa shape index (κ2) is 7.56. The number of fused-ring (bicyclic) bond motifs is 1. The average molecular weight is 423 g/mol. The number of nitrogens with one attached hydrogen (secondary N) is 2. The molecule has 1 aliphatic heterocycles. The van der Waals surface area contributed by atoms with Gasteiger partial charge in [0.15, 0.2) is 10.6 Å². The normalized spacial score (nSPS) is 16.3. The fraction of sp³-hybridized carbons (Fsp3) is 0.235. The number of carbonyl (C=O) groups excluding carboxylic acids is 1. The lowest BCUT2D eigenvalue weighted by molar-refractivity contribution is -0.122. The number of benzene rings is 1. The van der Waals surface area contributed by atoms with Gasteiger partial charge in [-0.3, -0.25) is 14.5 Å². The maximum atomic E-state index is 12.7. The van der Waals surface area contributed by atoms with E-state index in [1.165, 1.54) is 4.90 Å². The van der Waals surface area contributed by atoms with Crippen LogP contribution in [-0.2, 0) is 11.3 Å². The summed E-state index contributed by atoms with van der Waals surface area (Å²) in [5.74, 6) is 1.55. The Labute approximate surface area is 168 Å². The maximum absolute atomic E-state index is 12.7. The maximum Gasteiger partial charge on any atom is 0.240 e. The van der Waals surface area contributed by atoms with E-state index in [1.54, 1.807) is 27.7 Å². The van der Waals surface area contributed by atoms with Crippen molar-refractivity contribution in [2.45, 2.75) is 23.9 Å². The molecule has 1 amide bonds. The number of hydrogen-bond donors (Lipinski definition) is 2. The number of thioether (sulfide) groups is 1. The van der Waals surface area contributed by atoms with Gasteiger partial charge in [-0.15, -0.1) is 23.1 Å². The predicted octanol–water partition coefficient (Wildman–Crippen LogP) is 4.68. The van der Waals surface area contributed by atoms with Gasteiger partial charge in [0.05, 0.1) is 10.9 Å². The summed E-state index contributed by atoms with van der Waals surface area (Å²) in [7, 11) is 0. The first-order valence-corrected chi connectivity index (χ1v) is 10.7. The molecule has 0 saturated carbocycles. The second-order valence-corrected chi connectivity index (χ2v) is 8.76. The van der Waals surface area contributed by atoms with Crippen LogP contribution in [-0.4, -0.2) is 26.4 Å². The number of halogens is 1. The van der Waals surface area contributed by atoms with Crippen LogP contribution in [0.2, 0.25) is 5.02 Å². The van der Waals surface area contributed by atoms with Gasteiger partial charge in [-0.25, -0.2) is 0 Å². The van der Waals surface area contributed by atoms with Gasteiger partial charge in [0.25, 0.3) is 0 Å². The van der Waals surface area contributed by atoms with Crippen LogP contribution < -0.4 is 5.32 Å². The molecule has 2 aromatic heterocycles. The highest BCUT2D eigenvalue weighted by Crippen LogP contribution is 2.37. The summed E-state index contributed by atoms with van der Waals surface area (Å²) in [4.78, 5) is 14.8. The number of H-pyrrole nitrogens is 1. The van der Waals surface area contributed by atoms with Crippen LogP contribution in [0.5, 0.6) is 0 Å². The summed E-state index contributed by atoms with van der Waals surface area (Å²) in [5.41, 5.74) is 1.08. The van der Waals surface area contributed by atoms with Gasteiger partial charge in [-0.1, -0.05) is 17.7 Å². The van der Waals surface area contributed by atoms with E-state index in [4.69, 9.17) is 23.8 Å². The Morgan fingerprint density at radius 2 is 2.35 bits per heavy atom. The van der Waals surface area contributed by atoms with E-state index in [1.807, 2.05) is 35.7 Å². The zero-order valence-corrected chi connectivity index (χ0v) is 16.8. The van der Waals surface area contributed by atoms with Crippen LogP contribution in [0.1, 0.15) is 18.0 Å². The highest BCUT2D eigenvalue weighted by Gasteiger charge is 2.23. The molecule has 1 aliphatic rings. The Hall–Kier alpha value is -1.61. The van der Waals surface area contributed by atoms with Gasteiger partial charge in [-0.05, 0) is 53.8 Å². The molecule has 0 unspecified atom stereocenters. The van der Waals surface area contributed by atoms with Crippen LogP contribution in [0.4, 0.5) is 0 Å². The number of aromatic nitrogens is 3. The minimum atomic E-state index is -0.0943. The molecule has 0 aliphatic carbocycles. The first-order valence-electron chi connectivity index (χ1n) is 8.02. The molecule has 3 aromatic rings. The minimum Gasteiger partial charge on any atom is -0.348 e. The van der Waals surface area contributed by atoms with Gasteiger partial charge in [-0.2, -0.15) is 5.10 Å². The highest BCUT2D eigenvalue weighted by molar-refractivity contribution is 7.99. The summed E-state index contributed by atoms with van der Waals surface area (Å²) in [5, 5.41) is 12.8. The molecule has 0 bridgehead atoms. The zero-order valence-electron chi connectivity index (χ0n) is 13.6. The third-order valence-corrected chi connectivity index (χ3v) is 6.68. The van der Waals surface area contributed by atoms with Crippen molar-refractivity contribution >= 4 is 52.8 Å². The lowest BCUT2D eigenvalue weighted by Crippen LogP contribution is -2.33.